The molecule has 0 radical (unpaired) electrons. The highest BCUT2D eigenvalue weighted by molar-refractivity contribution is 7.13. The molecule has 0 bridgehead atoms. The van der Waals surface area contributed by atoms with Crippen LogP contribution < -0.4 is 0 Å². The van der Waals surface area contributed by atoms with Gasteiger partial charge in [-0.15, -0.1) is 11.3 Å². The van der Waals surface area contributed by atoms with Gasteiger partial charge in [0.25, 0.3) is 5.91 Å². The van der Waals surface area contributed by atoms with Gasteiger partial charge in [-0.25, -0.2) is 4.98 Å². The summed E-state index contributed by atoms with van der Waals surface area (Å²) in [5.74, 6) is 1.06. The van der Waals surface area contributed by atoms with E-state index in [0.29, 0.717) is 17.3 Å². The van der Waals surface area contributed by atoms with Crippen LogP contribution in [0.15, 0.2) is 46.5 Å². The summed E-state index contributed by atoms with van der Waals surface area (Å²) < 4.78 is 5.78. The van der Waals surface area contributed by atoms with E-state index in [-0.39, 0.29) is 11.9 Å². The molecule has 0 saturated carbocycles. The van der Waals surface area contributed by atoms with Crippen molar-refractivity contribution in [2.45, 2.75) is 38.6 Å². The number of pyridine rings is 1. The lowest BCUT2D eigenvalue weighted by atomic mass is 10.0. The quantitative estimate of drug-likeness (QED) is 0.663. The summed E-state index contributed by atoms with van der Waals surface area (Å²) in [5.41, 5.74) is 1.56. The van der Waals surface area contributed by atoms with E-state index in [1.54, 1.807) is 23.7 Å². The van der Waals surface area contributed by atoms with E-state index in [9.17, 15) is 4.79 Å². The first kappa shape index (κ1) is 17.0. The molecule has 1 fully saturated rings. The Labute approximate surface area is 156 Å². The number of thiophene rings is 1. The molecule has 1 aliphatic rings. The number of hydrogen-bond acceptors (Lipinski definition) is 5. The standard InChI is InChI=1S/C20H21N3O2S/c1-14-18(22-19(25-14)17-7-5-13-26-17)20(24)23-12-4-2-3-6-16(23)15-8-10-21-11-9-15/h5,7-11,13,16H,2-4,6,12H2,1H3/t16-/m0/s1. The zero-order chi connectivity index (χ0) is 17.9. The zero-order valence-electron chi connectivity index (χ0n) is 14.7. The molecule has 1 amide bonds. The molecule has 1 saturated heterocycles. The summed E-state index contributed by atoms with van der Waals surface area (Å²) in [7, 11) is 0. The number of hydrogen-bond donors (Lipinski definition) is 0. The van der Waals surface area contributed by atoms with E-state index in [0.717, 1.165) is 42.7 Å². The summed E-state index contributed by atoms with van der Waals surface area (Å²) in [6.45, 7) is 2.56. The van der Waals surface area contributed by atoms with E-state index in [1.165, 1.54) is 0 Å². The minimum atomic E-state index is -0.0437. The first-order chi connectivity index (χ1) is 12.7. The van der Waals surface area contributed by atoms with Crippen LogP contribution in [0.2, 0.25) is 0 Å². The fourth-order valence-electron chi connectivity index (χ4n) is 3.52. The number of carbonyl (C=O) groups excluding carboxylic acids is 1. The molecule has 1 aliphatic heterocycles. The molecule has 3 aromatic heterocycles. The van der Waals surface area contributed by atoms with Crippen LogP contribution in [-0.2, 0) is 0 Å². The number of nitrogens with zero attached hydrogens (tertiary/aromatic N) is 3. The third-order valence-corrected chi connectivity index (χ3v) is 5.69. The first-order valence-electron chi connectivity index (χ1n) is 8.96. The Balaban J connectivity index is 1.67. The van der Waals surface area contributed by atoms with E-state index in [4.69, 9.17) is 4.42 Å². The van der Waals surface area contributed by atoms with Gasteiger partial charge in [0, 0.05) is 18.9 Å². The van der Waals surface area contributed by atoms with Crippen LogP contribution in [0.3, 0.4) is 0 Å². The summed E-state index contributed by atoms with van der Waals surface area (Å²) >= 11 is 1.56. The number of amides is 1. The third-order valence-electron chi connectivity index (χ3n) is 4.84. The zero-order valence-corrected chi connectivity index (χ0v) is 15.5. The molecular weight excluding hydrogens is 346 g/mol. The number of oxazole rings is 1. The van der Waals surface area contributed by atoms with Crippen molar-refractivity contribution in [1.82, 2.24) is 14.9 Å². The molecule has 0 spiro atoms. The Morgan fingerprint density at radius 1 is 1.23 bits per heavy atom. The minimum Gasteiger partial charge on any atom is -0.440 e. The fourth-order valence-corrected chi connectivity index (χ4v) is 4.17. The monoisotopic (exact) mass is 367 g/mol. The van der Waals surface area contributed by atoms with Crippen molar-refractivity contribution < 1.29 is 9.21 Å². The van der Waals surface area contributed by atoms with E-state index >= 15 is 0 Å². The van der Waals surface area contributed by atoms with Crippen molar-refractivity contribution in [3.63, 3.8) is 0 Å². The molecule has 134 valence electrons. The van der Waals surface area contributed by atoms with Crippen molar-refractivity contribution in [3.05, 3.63) is 59.1 Å². The molecule has 0 N–H and O–H groups in total. The highest BCUT2D eigenvalue weighted by atomic mass is 32.1. The largest absolute Gasteiger partial charge is 0.440 e. The van der Waals surface area contributed by atoms with Crippen LogP contribution in [0.25, 0.3) is 10.8 Å². The van der Waals surface area contributed by atoms with Gasteiger partial charge >= 0.3 is 0 Å². The van der Waals surface area contributed by atoms with Crippen LogP contribution in [-0.4, -0.2) is 27.3 Å². The number of carbonyl (C=O) groups is 1. The predicted molar refractivity (Wildman–Crippen MR) is 101 cm³/mol. The van der Waals surface area contributed by atoms with Crippen molar-refractivity contribution in [1.29, 1.82) is 0 Å². The maximum absolute atomic E-state index is 13.3. The highest BCUT2D eigenvalue weighted by Gasteiger charge is 2.31. The Morgan fingerprint density at radius 2 is 2.08 bits per heavy atom. The lowest BCUT2D eigenvalue weighted by molar-refractivity contribution is 0.0673. The lowest BCUT2D eigenvalue weighted by Gasteiger charge is -2.30. The van der Waals surface area contributed by atoms with Gasteiger partial charge in [-0.3, -0.25) is 9.78 Å². The van der Waals surface area contributed by atoms with Crippen molar-refractivity contribution in [2.24, 2.45) is 0 Å². The molecule has 4 heterocycles. The number of likely N-dealkylation sites (tertiary alicyclic amines) is 1. The van der Waals surface area contributed by atoms with Crippen LogP contribution in [0.1, 0.15) is 53.5 Å². The highest BCUT2D eigenvalue weighted by Crippen LogP contribution is 2.32. The summed E-state index contributed by atoms with van der Waals surface area (Å²) in [6, 6.07) is 7.98. The second-order valence-corrected chi connectivity index (χ2v) is 7.49. The second kappa shape index (κ2) is 7.41. The van der Waals surface area contributed by atoms with E-state index in [2.05, 4.69) is 9.97 Å². The van der Waals surface area contributed by atoms with Gasteiger partial charge in [0.2, 0.25) is 5.89 Å². The van der Waals surface area contributed by atoms with Crippen LogP contribution in [0.4, 0.5) is 0 Å². The Morgan fingerprint density at radius 3 is 2.85 bits per heavy atom. The average Bonchev–Trinajstić information content (AvgIpc) is 3.26. The molecule has 4 rings (SSSR count). The topological polar surface area (TPSA) is 59.2 Å². The fraction of sp³-hybridized carbons (Fsp3) is 0.350. The van der Waals surface area contributed by atoms with Crippen molar-refractivity contribution in [3.8, 4) is 10.8 Å². The molecule has 0 aliphatic carbocycles. The Kier molecular flexibility index (Phi) is 4.84. The molecule has 0 unspecified atom stereocenters. The number of aryl methyl sites for hydroxylation is 1. The van der Waals surface area contributed by atoms with Gasteiger partial charge in [-0.2, -0.15) is 0 Å². The lowest BCUT2D eigenvalue weighted by Crippen LogP contribution is -2.35. The third kappa shape index (κ3) is 3.29. The van der Waals surface area contributed by atoms with Gasteiger partial charge in [0.05, 0.1) is 10.9 Å². The van der Waals surface area contributed by atoms with Crippen molar-refractivity contribution >= 4 is 17.2 Å². The molecular formula is C20H21N3O2S. The minimum absolute atomic E-state index is 0.0437. The van der Waals surface area contributed by atoms with Gasteiger partial charge < -0.3 is 9.32 Å². The Bertz CT molecular complexity index is 874. The van der Waals surface area contributed by atoms with Crippen LogP contribution in [0.5, 0.6) is 0 Å². The maximum Gasteiger partial charge on any atom is 0.276 e. The number of rotatable bonds is 3. The Hall–Kier alpha value is -2.47. The molecule has 26 heavy (non-hydrogen) atoms. The molecule has 6 heteroatoms. The number of aromatic nitrogens is 2. The van der Waals surface area contributed by atoms with E-state index < -0.39 is 0 Å². The van der Waals surface area contributed by atoms with Gasteiger partial charge in [-0.05, 0) is 48.9 Å². The first-order valence-corrected chi connectivity index (χ1v) is 9.84. The molecule has 5 nitrogen and oxygen atoms in total. The predicted octanol–water partition coefficient (Wildman–Crippen LogP) is 4.86. The SMILES string of the molecule is Cc1oc(-c2cccs2)nc1C(=O)N1CCCCC[C@H]1c1ccncc1. The average molecular weight is 367 g/mol. The summed E-state index contributed by atoms with van der Waals surface area (Å²) in [5, 5.41) is 1.98. The smallest absolute Gasteiger partial charge is 0.276 e. The van der Waals surface area contributed by atoms with Gasteiger partial charge in [0.15, 0.2) is 5.69 Å². The molecule has 0 aromatic carbocycles. The summed E-state index contributed by atoms with van der Waals surface area (Å²) in [6.07, 6.45) is 7.82. The van der Waals surface area contributed by atoms with Gasteiger partial charge in [-0.1, -0.05) is 18.9 Å². The van der Waals surface area contributed by atoms with Gasteiger partial charge in [0.1, 0.15) is 5.76 Å². The van der Waals surface area contributed by atoms with E-state index in [1.807, 2.05) is 41.5 Å². The molecule has 1 atom stereocenters. The maximum atomic E-state index is 13.3. The normalized spacial score (nSPS) is 17.9. The summed E-state index contributed by atoms with van der Waals surface area (Å²) in [4.78, 5) is 24.9. The van der Waals surface area contributed by atoms with Crippen LogP contribution >= 0.6 is 11.3 Å². The molecule has 3 aromatic rings. The van der Waals surface area contributed by atoms with Crippen LogP contribution in [0, 0.1) is 6.92 Å². The second-order valence-electron chi connectivity index (χ2n) is 6.55. The van der Waals surface area contributed by atoms with Crippen molar-refractivity contribution in [2.75, 3.05) is 6.54 Å².